The summed E-state index contributed by atoms with van der Waals surface area (Å²) in [4.78, 5) is 13.4. The van der Waals surface area contributed by atoms with Crippen molar-refractivity contribution in [2.24, 2.45) is 5.92 Å². The van der Waals surface area contributed by atoms with Crippen LogP contribution in [0.3, 0.4) is 0 Å². The lowest BCUT2D eigenvalue weighted by Gasteiger charge is -2.33. The third-order valence-corrected chi connectivity index (χ3v) is 5.19. The molecule has 0 amide bonds. The van der Waals surface area contributed by atoms with Gasteiger partial charge in [-0.3, -0.25) is 10.1 Å². The summed E-state index contributed by atoms with van der Waals surface area (Å²) in [6.07, 6.45) is 0.638. The summed E-state index contributed by atoms with van der Waals surface area (Å²) >= 11 is 1.28. The van der Waals surface area contributed by atoms with Crippen molar-refractivity contribution in [2.75, 3.05) is 18.0 Å². The molecule has 1 fully saturated rings. The Bertz CT molecular complexity index is 479. The highest BCUT2D eigenvalue weighted by Crippen LogP contribution is 2.41. The van der Waals surface area contributed by atoms with E-state index in [0.717, 1.165) is 12.8 Å². The molecule has 2 atom stereocenters. The highest BCUT2D eigenvalue weighted by molar-refractivity contribution is 7.16. The predicted octanol–water partition coefficient (Wildman–Crippen LogP) is 2.31. The Hall–Kier alpha value is -1.18. The van der Waals surface area contributed by atoms with Gasteiger partial charge in [-0.15, -0.1) is 11.3 Å². The molecule has 0 spiro atoms. The zero-order valence-electron chi connectivity index (χ0n) is 11.7. The minimum absolute atomic E-state index is 0.0707. The summed E-state index contributed by atoms with van der Waals surface area (Å²) in [5.41, 5.74) is 0.0707. The molecule has 1 aromatic rings. The summed E-state index contributed by atoms with van der Waals surface area (Å²) in [7, 11) is 0. The normalized spacial score (nSPS) is 19.9. The molecule has 0 bridgehead atoms. The van der Waals surface area contributed by atoms with Gasteiger partial charge in [0.05, 0.1) is 17.1 Å². The Labute approximate surface area is 121 Å². The third-order valence-electron chi connectivity index (χ3n) is 3.83. The first-order chi connectivity index (χ1) is 9.40. The highest BCUT2D eigenvalue weighted by Gasteiger charge is 2.29. The molecular weight excluding hydrogens is 280 g/mol. The Morgan fingerprint density at radius 1 is 1.40 bits per heavy atom. The van der Waals surface area contributed by atoms with Gasteiger partial charge >= 0.3 is 5.69 Å². The SMILES string of the molecule is CC(O)C1CCN(c2sc([C@H](C)O)cc2[N+](=O)[O-])CC1. The lowest BCUT2D eigenvalue weighted by molar-refractivity contribution is -0.383. The third kappa shape index (κ3) is 3.11. The molecule has 2 heterocycles. The topological polar surface area (TPSA) is 86.8 Å². The molecule has 2 rings (SSSR count). The number of piperidine rings is 1. The van der Waals surface area contributed by atoms with E-state index in [1.165, 1.54) is 17.4 Å². The van der Waals surface area contributed by atoms with Crippen LogP contribution in [0.15, 0.2) is 6.07 Å². The van der Waals surface area contributed by atoms with Crippen LogP contribution in [0.5, 0.6) is 0 Å². The smallest absolute Gasteiger partial charge is 0.304 e. The molecule has 112 valence electrons. The Kier molecular flexibility index (Phi) is 4.62. The maximum atomic E-state index is 11.1. The molecule has 0 aromatic carbocycles. The number of thiophene rings is 1. The van der Waals surface area contributed by atoms with Gasteiger partial charge in [-0.25, -0.2) is 0 Å². The second-order valence-corrected chi connectivity index (χ2v) is 6.40. The van der Waals surface area contributed by atoms with Gasteiger partial charge < -0.3 is 15.1 Å². The Morgan fingerprint density at radius 2 is 2.00 bits per heavy atom. The molecule has 20 heavy (non-hydrogen) atoms. The van der Waals surface area contributed by atoms with Crippen molar-refractivity contribution in [3.05, 3.63) is 21.1 Å². The van der Waals surface area contributed by atoms with Crippen LogP contribution in [0.25, 0.3) is 0 Å². The van der Waals surface area contributed by atoms with Crippen LogP contribution in [0.4, 0.5) is 10.7 Å². The number of hydrogen-bond donors (Lipinski definition) is 2. The lowest BCUT2D eigenvalue weighted by atomic mass is 9.92. The number of aliphatic hydroxyl groups is 2. The van der Waals surface area contributed by atoms with Gasteiger partial charge in [0, 0.05) is 24.0 Å². The van der Waals surface area contributed by atoms with E-state index in [1.807, 2.05) is 4.90 Å². The van der Waals surface area contributed by atoms with E-state index in [1.54, 1.807) is 13.8 Å². The zero-order valence-corrected chi connectivity index (χ0v) is 12.5. The van der Waals surface area contributed by atoms with Crippen molar-refractivity contribution < 1.29 is 15.1 Å². The van der Waals surface area contributed by atoms with Crippen LogP contribution >= 0.6 is 11.3 Å². The van der Waals surface area contributed by atoms with Crippen LogP contribution in [-0.4, -0.2) is 34.3 Å². The van der Waals surface area contributed by atoms with E-state index in [0.29, 0.717) is 23.0 Å². The van der Waals surface area contributed by atoms with Crippen LogP contribution in [0.2, 0.25) is 0 Å². The first-order valence-electron chi connectivity index (χ1n) is 6.79. The molecule has 1 aromatic heterocycles. The van der Waals surface area contributed by atoms with E-state index in [-0.39, 0.29) is 17.7 Å². The van der Waals surface area contributed by atoms with Crippen LogP contribution < -0.4 is 4.90 Å². The van der Waals surface area contributed by atoms with Crippen LogP contribution in [-0.2, 0) is 0 Å². The van der Waals surface area contributed by atoms with Gasteiger partial charge in [-0.1, -0.05) is 0 Å². The van der Waals surface area contributed by atoms with E-state index in [9.17, 15) is 20.3 Å². The molecule has 1 saturated heterocycles. The molecule has 1 aliphatic rings. The fourth-order valence-corrected chi connectivity index (χ4v) is 3.65. The summed E-state index contributed by atoms with van der Waals surface area (Å²) in [5, 5.41) is 30.9. The van der Waals surface area contributed by atoms with Gasteiger partial charge in [0.15, 0.2) is 5.00 Å². The van der Waals surface area contributed by atoms with Gasteiger partial charge in [0.2, 0.25) is 0 Å². The molecule has 7 heteroatoms. The average molecular weight is 300 g/mol. The van der Waals surface area contributed by atoms with Crippen LogP contribution in [0, 0.1) is 16.0 Å². The highest BCUT2D eigenvalue weighted by atomic mass is 32.1. The molecule has 6 nitrogen and oxygen atoms in total. The van der Waals surface area contributed by atoms with E-state index < -0.39 is 11.0 Å². The minimum Gasteiger partial charge on any atom is -0.393 e. The summed E-state index contributed by atoms with van der Waals surface area (Å²) in [6, 6.07) is 1.46. The van der Waals surface area contributed by atoms with Crippen molar-refractivity contribution in [2.45, 2.75) is 38.9 Å². The fraction of sp³-hybridized carbons (Fsp3) is 0.692. The first-order valence-corrected chi connectivity index (χ1v) is 7.61. The summed E-state index contributed by atoms with van der Waals surface area (Å²) < 4.78 is 0. The first kappa shape index (κ1) is 15.2. The standard InChI is InChI=1S/C13H20N2O4S/c1-8(16)10-3-5-14(6-4-10)13-11(15(18)19)7-12(20-13)9(2)17/h7-10,16-17H,3-6H2,1-2H3/t8?,9-/m0/s1. The number of nitrogens with zero attached hydrogens (tertiary/aromatic N) is 2. The monoisotopic (exact) mass is 300 g/mol. The van der Waals surface area contributed by atoms with Crippen molar-refractivity contribution in [1.29, 1.82) is 0 Å². The van der Waals surface area contributed by atoms with E-state index >= 15 is 0 Å². The van der Waals surface area contributed by atoms with Gasteiger partial charge in [-0.05, 0) is 32.6 Å². The quantitative estimate of drug-likeness (QED) is 0.658. The largest absolute Gasteiger partial charge is 0.393 e. The zero-order chi connectivity index (χ0) is 14.9. The second-order valence-electron chi connectivity index (χ2n) is 5.34. The fourth-order valence-electron chi connectivity index (χ4n) is 2.54. The van der Waals surface area contributed by atoms with Crippen molar-refractivity contribution in [1.82, 2.24) is 0 Å². The number of rotatable bonds is 4. The molecule has 1 unspecified atom stereocenters. The molecule has 1 aliphatic heterocycles. The maximum Gasteiger partial charge on any atom is 0.304 e. The van der Waals surface area contributed by atoms with Crippen molar-refractivity contribution in [3.8, 4) is 0 Å². The lowest BCUT2D eigenvalue weighted by Crippen LogP contribution is -2.36. The predicted molar refractivity (Wildman–Crippen MR) is 78.2 cm³/mol. The van der Waals surface area contributed by atoms with E-state index in [4.69, 9.17) is 0 Å². The Morgan fingerprint density at radius 3 is 2.45 bits per heavy atom. The summed E-state index contributed by atoms with van der Waals surface area (Å²) in [5.74, 6) is 0.265. The molecule has 0 aliphatic carbocycles. The summed E-state index contributed by atoms with van der Waals surface area (Å²) in [6.45, 7) is 4.81. The second kappa shape index (κ2) is 6.07. The number of nitro groups is 1. The van der Waals surface area contributed by atoms with Crippen molar-refractivity contribution in [3.63, 3.8) is 0 Å². The number of hydrogen-bond acceptors (Lipinski definition) is 6. The minimum atomic E-state index is -0.692. The van der Waals surface area contributed by atoms with Crippen LogP contribution in [0.1, 0.15) is 37.7 Å². The molecule has 0 radical (unpaired) electrons. The average Bonchev–Trinajstić information content (AvgIpc) is 2.84. The van der Waals surface area contributed by atoms with Gasteiger partial charge in [0.25, 0.3) is 0 Å². The van der Waals surface area contributed by atoms with E-state index in [2.05, 4.69) is 0 Å². The number of aliphatic hydroxyl groups excluding tert-OH is 2. The van der Waals surface area contributed by atoms with Crippen molar-refractivity contribution >= 4 is 22.0 Å². The molecular formula is C13H20N2O4S. The number of anilines is 1. The molecule has 0 saturated carbocycles. The molecule has 2 N–H and O–H groups in total. The Balaban J connectivity index is 2.18. The van der Waals surface area contributed by atoms with Gasteiger partial charge in [0.1, 0.15) is 0 Å². The maximum absolute atomic E-state index is 11.1. The van der Waals surface area contributed by atoms with Gasteiger partial charge in [-0.2, -0.15) is 0 Å².